The van der Waals surface area contributed by atoms with Gasteiger partial charge < -0.3 is 10.5 Å². The topological polar surface area (TPSA) is 35.2 Å². The standard InChI is InChI=1S/C14H13F2NO/c1-9-2-3-10(8-17)4-14(9)18-13-6-11(15)5-12(16)7-13/h2-7H,8,17H2,1H3. The molecule has 0 saturated carbocycles. The molecule has 0 fully saturated rings. The number of nitrogens with two attached hydrogens (primary N) is 1. The van der Waals surface area contributed by atoms with Gasteiger partial charge in [0.05, 0.1) is 0 Å². The Labute approximate surface area is 104 Å². The molecule has 0 heterocycles. The van der Waals surface area contributed by atoms with Gasteiger partial charge in [-0.25, -0.2) is 8.78 Å². The monoisotopic (exact) mass is 249 g/mol. The maximum Gasteiger partial charge on any atom is 0.133 e. The summed E-state index contributed by atoms with van der Waals surface area (Å²) in [5, 5.41) is 0. The Morgan fingerprint density at radius 3 is 2.33 bits per heavy atom. The Balaban J connectivity index is 2.33. The van der Waals surface area contributed by atoms with Crippen molar-refractivity contribution in [1.29, 1.82) is 0 Å². The van der Waals surface area contributed by atoms with E-state index in [1.165, 1.54) is 0 Å². The molecule has 0 unspecified atom stereocenters. The van der Waals surface area contributed by atoms with Crippen LogP contribution in [0.4, 0.5) is 8.78 Å². The lowest BCUT2D eigenvalue weighted by Crippen LogP contribution is -1.97. The highest BCUT2D eigenvalue weighted by atomic mass is 19.1. The molecule has 4 heteroatoms. The van der Waals surface area contributed by atoms with Crippen molar-refractivity contribution in [3.8, 4) is 11.5 Å². The van der Waals surface area contributed by atoms with Gasteiger partial charge in [-0.15, -0.1) is 0 Å². The van der Waals surface area contributed by atoms with E-state index in [4.69, 9.17) is 10.5 Å². The Bertz CT molecular complexity index is 549. The first-order valence-electron chi connectivity index (χ1n) is 5.52. The first-order chi connectivity index (χ1) is 8.58. The molecule has 0 bridgehead atoms. The van der Waals surface area contributed by atoms with Crippen LogP contribution < -0.4 is 10.5 Å². The van der Waals surface area contributed by atoms with Crippen molar-refractivity contribution in [3.05, 3.63) is 59.2 Å². The third-order valence-corrected chi connectivity index (χ3v) is 2.55. The molecule has 0 aliphatic heterocycles. The zero-order valence-electron chi connectivity index (χ0n) is 9.91. The summed E-state index contributed by atoms with van der Waals surface area (Å²) in [6, 6.07) is 8.57. The fourth-order valence-corrected chi connectivity index (χ4v) is 1.60. The number of halogens is 2. The molecule has 2 N–H and O–H groups in total. The highest BCUT2D eigenvalue weighted by Gasteiger charge is 2.06. The number of benzene rings is 2. The summed E-state index contributed by atoms with van der Waals surface area (Å²) in [7, 11) is 0. The van der Waals surface area contributed by atoms with Crippen molar-refractivity contribution in [2.45, 2.75) is 13.5 Å². The molecule has 94 valence electrons. The van der Waals surface area contributed by atoms with Crippen LogP contribution in [0.3, 0.4) is 0 Å². The van der Waals surface area contributed by atoms with Crippen LogP contribution in [0.25, 0.3) is 0 Å². The van der Waals surface area contributed by atoms with Crippen LogP contribution in [0, 0.1) is 18.6 Å². The largest absolute Gasteiger partial charge is 0.457 e. The van der Waals surface area contributed by atoms with Crippen LogP contribution in [-0.4, -0.2) is 0 Å². The van der Waals surface area contributed by atoms with Crippen LogP contribution >= 0.6 is 0 Å². The molecule has 0 radical (unpaired) electrons. The lowest BCUT2D eigenvalue weighted by molar-refractivity contribution is 0.464. The minimum absolute atomic E-state index is 0.129. The average molecular weight is 249 g/mol. The van der Waals surface area contributed by atoms with E-state index in [1.807, 2.05) is 19.1 Å². The molecule has 2 rings (SSSR count). The summed E-state index contributed by atoms with van der Waals surface area (Å²) in [6.45, 7) is 2.24. The van der Waals surface area contributed by atoms with E-state index >= 15 is 0 Å². The maximum atomic E-state index is 13.0. The quantitative estimate of drug-likeness (QED) is 0.903. The van der Waals surface area contributed by atoms with Crippen molar-refractivity contribution in [3.63, 3.8) is 0 Å². The second kappa shape index (κ2) is 5.14. The Morgan fingerprint density at radius 2 is 1.72 bits per heavy atom. The fourth-order valence-electron chi connectivity index (χ4n) is 1.60. The summed E-state index contributed by atoms with van der Waals surface area (Å²) >= 11 is 0. The zero-order chi connectivity index (χ0) is 13.1. The van der Waals surface area contributed by atoms with Gasteiger partial charge in [0.2, 0.25) is 0 Å². The van der Waals surface area contributed by atoms with Gasteiger partial charge in [-0.05, 0) is 24.1 Å². The van der Waals surface area contributed by atoms with Crippen LogP contribution in [0.2, 0.25) is 0 Å². The Kier molecular flexibility index (Phi) is 3.58. The molecule has 0 aromatic heterocycles. The molecule has 0 amide bonds. The van der Waals surface area contributed by atoms with Crippen LogP contribution in [0.15, 0.2) is 36.4 Å². The molecular formula is C14H13F2NO. The first kappa shape index (κ1) is 12.5. The van der Waals surface area contributed by atoms with E-state index in [0.717, 1.165) is 29.3 Å². The van der Waals surface area contributed by atoms with Crippen molar-refractivity contribution >= 4 is 0 Å². The lowest BCUT2D eigenvalue weighted by Gasteiger charge is -2.10. The van der Waals surface area contributed by atoms with E-state index in [2.05, 4.69) is 0 Å². The molecule has 18 heavy (non-hydrogen) atoms. The van der Waals surface area contributed by atoms with E-state index in [9.17, 15) is 8.78 Å². The van der Waals surface area contributed by atoms with Crippen molar-refractivity contribution < 1.29 is 13.5 Å². The van der Waals surface area contributed by atoms with Gasteiger partial charge >= 0.3 is 0 Å². The number of ether oxygens (including phenoxy) is 1. The van der Waals surface area contributed by atoms with Gasteiger partial charge in [-0.2, -0.15) is 0 Å². The zero-order valence-corrected chi connectivity index (χ0v) is 9.91. The summed E-state index contributed by atoms with van der Waals surface area (Å²) in [5.74, 6) is -0.664. The molecule has 2 nitrogen and oxygen atoms in total. The second-order valence-electron chi connectivity index (χ2n) is 4.01. The van der Waals surface area contributed by atoms with Gasteiger partial charge in [-0.3, -0.25) is 0 Å². The van der Waals surface area contributed by atoms with E-state index in [-0.39, 0.29) is 5.75 Å². The highest BCUT2D eigenvalue weighted by Crippen LogP contribution is 2.27. The Hall–Kier alpha value is -1.94. The molecule has 0 saturated heterocycles. The minimum Gasteiger partial charge on any atom is -0.457 e. The van der Waals surface area contributed by atoms with Crippen molar-refractivity contribution in [2.75, 3.05) is 0 Å². The summed E-state index contributed by atoms with van der Waals surface area (Å²) in [5.41, 5.74) is 7.30. The molecule has 0 aliphatic carbocycles. The number of rotatable bonds is 3. The lowest BCUT2D eigenvalue weighted by atomic mass is 10.1. The Morgan fingerprint density at radius 1 is 1.06 bits per heavy atom. The van der Waals surface area contributed by atoms with Gasteiger partial charge in [0, 0.05) is 24.7 Å². The van der Waals surface area contributed by atoms with Crippen LogP contribution in [0.1, 0.15) is 11.1 Å². The minimum atomic E-state index is -0.669. The third-order valence-electron chi connectivity index (χ3n) is 2.55. The molecule has 2 aromatic carbocycles. The fraction of sp³-hybridized carbons (Fsp3) is 0.143. The third kappa shape index (κ3) is 2.84. The molecular weight excluding hydrogens is 236 g/mol. The second-order valence-corrected chi connectivity index (χ2v) is 4.01. The number of hydrogen-bond acceptors (Lipinski definition) is 2. The molecule has 0 spiro atoms. The van der Waals surface area contributed by atoms with E-state index in [1.54, 1.807) is 6.07 Å². The van der Waals surface area contributed by atoms with Gasteiger partial charge in [-0.1, -0.05) is 12.1 Å². The van der Waals surface area contributed by atoms with Gasteiger partial charge in [0.15, 0.2) is 0 Å². The number of aryl methyl sites for hydroxylation is 1. The summed E-state index contributed by atoms with van der Waals surface area (Å²) in [4.78, 5) is 0. The van der Waals surface area contributed by atoms with Crippen LogP contribution in [-0.2, 0) is 6.54 Å². The van der Waals surface area contributed by atoms with Crippen molar-refractivity contribution in [2.24, 2.45) is 5.73 Å². The highest BCUT2D eigenvalue weighted by molar-refractivity contribution is 5.40. The predicted molar refractivity (Wildman–Crippen MR) is 65.5 cm³/mol. The van der Waals surface area contributed by atoms with E-state index in [0.29, 0.717) is 12.3 Å². The van der Waals surface area contributed by atoms with Gasteiger partial charge in [0.25, 0.3) is 0 Å². The molecule has 0 aliphatic rings. The predicted octanol–water partition coefficient (Wildman–Crippen LogP) is 3.52. The van der Waals surface area contributed by atoms with Gasteiger partial charge in [0.1, 0.15) is 23.1 Å². The van der Waals surface area contributed by atoms with Crippen molar-refractivity contribution in [1.82, 2.24) is 0 Å². The van der Waals surface area contributed by atoms with Crippen LogP contribution in [0.5, 0.6) is 11.5 Å². The smallest absolute Gasteiger partial charge is 0.133 e. The normalized spacial score (nSPS) is 10.4. The number of hydrogen-bond donors (Lipinski definition) is 1. The average Bonchev–Trinajstić information content (AvgIpc) is 2.30. The SMILES string of the molecule is Cc1ccc(CN)cc1Oc1cc(F)cc(F)c1. The summed E-state index contributed by atoms with van der Waals surface area (Å²) in [6.07, 6.45) is 0. The molecule has 2 aromatic rings. The first-order valence-corrected chi connectivity index (χ1v) is 5.52. The van der Waals surface area contributed by atoms with E-state index < -0.39 is 11.6 Å². The maximum absolute atomic E-state index is 13.0. The summed E-state index contributed by atoms with van der Waals surface area (Å²) < 4.78 is 31.6. The molecule has 0 atom stereocenters.